The maximum absolute atomic E-state index is 12.4. The summed E-state index contributed by atoms with van der Waals surface area (Å²) >= 11 is 0. The topological polar surface area (TPSA) is 61.9 Å². The molecule has 6 heteroatoms. The zero-order chi connectivity index (χ0) is 15.6. The molecule has 1 spiro atoms. The smallest absolute Gasteiger partial charge is 0.251 e. The molecule has 124 valence electrons. The van der Waals surface area contributed by atoms with Crippen LogP contribution in [0.5, 0.6) is 0 Å². The van der Waals surface area contributed by atoms with Crippen LogP contribution in [0.25, 0.3) is 0 Å². The standard InChI is InChI=1S/C16H27N3O3/c1-17-14(20)12-19-8-3-5-16(19)6-9-18(10-7-16)15(21)13-4-2-11-22-13/h13H,2-12H2,1H3,(H,17,20)/t13-/m1/s1. The molecule has 0 bridgehead atoms. The number of nitrogens with zero attached hydrogens (tertiary/aromatic N) is 2. The van der Waals surface area contributed by atoms with Crippen molar-refractivity contribution in [1.29, 1.82) is 0 Å². The van der Waals surface area contributed by atoms with Gasteiger partial charge in [0, 0.05) is 32.3 Å². The van der Waals surface area contributed by atoms with E-state index in [1.165, 1.54) is 0 Å². The maximum atomic E-state index is 12.4. The summed E-state index contributed by atoms with van der Waals surface area (Å²) in [7, 11) is 1.69. The highest BCUT2D eigenvalue weighted by atomic mass is 16.5. The first-order valence-corrected chi connectivity index (χ1v) is 8.51. The fourth-order valence-electron chi connectivity index (χ4n) is 4.18. The van der Waals surface area contributed by atoms with Gasteiger partial charge in [0.15, 0.2) is 0 Å². The quantitative estimate of drug-likeness (QED) is 0.818. The van der Waals surface area contributed by atoms with Gasteiger partial charge in [0.2, 0.25) is 5.91 Å². The van der Waals surface area contributed by atoms with E-state index in [0.717, 1.165) is 58.2 Å². The Kier molecular flexibility index (Phi) is 4.68. The van der Waals surface area contributed by atoms with Crippen LogP contribution in [-0.4, -0.2) is 73.1 Å². The predicted molar refractivity (Wildman–Crippen MR) is 82.4 cm³/mol. The number of rotatable bonds is 3. The highest BCUT2D eigenvalue weighted by Crippen LogP contribution is 2.38. The average Bonchev–Trinajstić information content (AvgIpc) is 3.19. The van der Waals surface area contributed by atoms with Crippen molar-refractivity contribution in [3.8, 4) is 0 Å². The molecule has 3 aliphatic rings. The zero-order valence-corrected chi connectivity index (χ0v) is 13.5. The van der Waals surface area contributed by atoms with Crippen molar-refractivity contribution in [2.75, 3.05) is 39.8 Å². The fraction of sp³-hybridized carbons (Fsp3) is 0.875. The molecule has 22 heavy (non-hydrogen) atoms. The van der Waals surface area contributed by atoms with Crippen molar-refractivity contribution in [2.45, 2.75) is 50.2 Å². The molecule has 3 saturated heterocycles. The van der Waals surface area contributed by atoms with Gasteiger partial charge in [0.05, 0.1) is 6.54 Å². The van der Waals surface area contributed by atoms with E-state index >= 15 is 0 Å². The molecule has 0 aromatic heterocycles. The number of ether oxygens (including phenoxy) is 1. The molecule has 6 nitrogen and oxygen atoms in total. The number of hydrogen-bond acceptors (Lipinski definition) is 4. The van der Waals surface area contributed by atoms with E-state index < -0.39 is 0 Å². The van der Waals surface area contributed by atoms with E-state index in [4.69, 9.17) is 4.74 Å². The number of nitrogens with one attached hydrogen (secondary N) is 1. The third-order valence-electron chi connectivity index (χ3n) is 5.57. The maximum Gasteiger partial charge on any atom is 0.251 e. The number of carbonyl (C=O) groups is 2. The molecule has 1 N–H and O–H groups in total. The molecular formula is C16H27N3O3. The van der Waals surface area contributed by atoms with Crippen LogP contribution in [0.3, 0.4) is 0 Å². The van der Waals surface area contributed by atoms with Gasteiger partial charge in [0.1, 0.15) is 6.10 Å². The van der Waals surface area contributed by atoms with Gasteiger partial charge >= 0.3 is 0 Å². The van der Waals surface area contributed by atoms with E-state index in [9.17, 15) is 9.59 Å². The van der Waals surface area contributed by atoms with Crippen LogP contribution in [-0.2, 0) is 14.3 Å². The van der Waals surface area contributed by atoms with Crippen molar-refractivity contribution in [3.63, 3.8) is 0 Å². The van der Waals surface area contributed by atoms with Crippen molar-refractivity contribution >= 4 is 11.8 Å². The highest BCUT2D eigenvalue weighted by molar-refractivity contribution is 5.81. The lowest BCUT2D eigenvalue weighted by Gasteiger charge is -2.45. The SMILES string of the molecule is CNC(=O)CN1CCCC12CCN(C(=O)[C@H]1CCCO1)CC2. The monoisotopic (exact) mass is 309 g/mol. The molecule has 0 unspecified atom stereocenters. The Hall–Kier alpha value is -1.14. The molecular weight excluding hydrogens is 282 g/mol. The number of hydrogen-bond donors (Lipinski definition) is 1. The Morgan fingerprint density at radius 3 is 2.59 bits per heavy atom. The Bertz CT molecular complexity index is 426. The van der Waals surface area contributed by atoms with E-state index in [1.807, 2.05) is 4.90 Å². The summed E-state index contributed by atoms with van der Waals surface area (Å²) in [6.45, 7) is 3.78. The Balaban J connectivity index is 1.57. The van der Waals surface area contributed by atoms with E-state index in [0.29, 0.717) is 13.2 Å². The molecule has 2 amide bonds. The number of piperidine rings is 1. The normalized spacial score (nSPS) is 28.2. The first-order chi connectivity index (χ1) is 10.6. The summed E-state index contributed by atoms with van der Waals surface area (Å²) in [4.78, 5) is 28.4. The largest absolute Gasteiger partial charge is 0.368 e. The Labute approximate surface area is 132 Å². The summed E-state index contributed by atoms with van der Waals surface area (Å²) < 4.78 is 5.52. The fourth-order valence-corrected chi connectivity index (χ4v) is 4.18. The van der Waals surface area contributed by atoms with Crippen LogP contribution >= 0.6 is 0 Å². The second-order valence-corrected chi connectivity index (χ2v) is 6.75. The lowest BCUT2D eigenvalue weighted by atomic mass is 9.84. The van der Waals surface area contributed by atoms with Crippen molar-refractivity contribution in [1.82, 2.24) is 15.1 Å². The molecule has 0 aromatic rings. The number of likely N-dealkylation sites (tertiary alicyclic amines) is 2. The van der Waals surface area contributed by atoms with Crippen molar-refractivity contribution < 1.29 is 14.3 Å². The zero-order valence-electron chi connectivity index (χ0n) is 13.5. The van der Waals surface area contributed by atoms with Crippen LogP contribution in [0.15, 0.2) is 0 Å². The average molecular weight is 309 g/mol. The first kappa shape index (κ1) is 15.7. The van der Waals surface area contributed by atoms with Gasteiger partial charge < -0.3 is 15.0 Å². The summed E-state index contributed by atoms with van der Waals surface area (Å²) in [5.41, 5.74) is 0.125. The minimum atomic E-state index is -0.209. The molecule has 0 radical (unpaired) electrons. The van der Waals surface area contributed by atoms with Crippen molar-refractivity contribution in [3.05, 3.63) is 0 Å². The van der Waals surface area contributed by atoms with Gasteiger partial charge in [-0.25, -0.2) is 0 Å². The molecule has 3 aliphatic heterocycles. The summed E-state index contributed by atoms with van der Waals surface area (Å²) in [5.74, 6) is 0.252. The van der Waals surface area contributed by atoms with Crippen LogP contribution in [0.4, 0.5) is 0 Å². The van der Waals surface area contributed by atoms with Crippen molar-refractivity contribution in [2.24, 2.45) is 0 Å². The highest BCUT2D eigenvalue weighted by Gasteiger charge is 2.44. The van der Waals surface area contributed by atoms with Crippen LogP contribution in [0, 0.1) is 0 Å². The second-order valence-electron chi connectivity index (χ2n) is 6.75. The Morgan fingerprint density at radius 1 is 1.18 bits per heavy atom. The van der Waals surface area contributed by atoms with Crippen LogP contribution < -0.4 is 5.32 Å². The molecule has 0 aromatic carbocycles. The molecule has 0 saturated carbocycles. The van der Waals surface area contributed by atoms with E-state index in [2.05, 4.69) is 10.2 Å². The van der Waals surface area contributed by atoms with Gasteiger partial charge in [-0.05, 0) is 45.1 Å². The molecule has 1 atom stereocenters. The molecule has 3 rings (SSSR count). The first-order valence-electron chi connectivity index (χ1n) is 8.51. The summed E-state index contributed by atoms with van der Waals surface area (Å²) in [6.07, 6.45) is 5.89. The minimum Gasteiger partial charge on any atom is -0.368 e. The lowest BCUT2D eigenvalue weighted by Crippen LogP contribution is -2.56. The van der Waals surface area contributed by atoms with E-state index in [-0.39, 0.29) is 23.5 Å². The van der Waals surface area contributed by atoms with Gasteiger partial charge in [0.25, 0.3) is 5.91 Å². The lowest BCUT2D eigenvalue weighted by molar-refractivity contribution is -0.143. The van der Waals surface area contributed by atoms with Gasteiger partial charge in [-0.2, -0.15) is 0 Å². The number of amides is 2. The van der Waals surface area contributed by atoms with E-state index in [1.54, 1.807) is 7.05 Å². The van der Waals surface area contributed by atoms with Crippen LogP contribution in [0.1, 0.15) is 38.5 Å². The number of carbonyl (C=O) groups excluding carboxylic acids is 2. The molecule has 0 aliphatic carbocycles. The minimum absolute atomic E-state index is 0.0825. The molecule has 3 fully saturated rings. The van der Waals surface area contributed by atoms with Gasteiger partial charge in [-0.1, -0.05) is 0 Å². The van der Waals surface area contributed by atoms with Crippen LogP contribution in [0.2, 0.25) is 0 Å². The summed E-state index contributed by atoms with van der Waals surface area (Å²) in [5, 5.41) is 2.72. The number of likely N-dealkylation sites (N-methyl/N-ethyl adjacent to an activating group) is 1. The molecule has 3 heterocycles. The summed E-state index contributed by atoms with van der Waals surface area (Å²) in [6, 6.07) is 0. The second kappa shape index (κ2) is 6.54. The van der Waals surface area contributed by atoms with Gasteiger partial charge in [-0.3, -0.25) is 14.5 Å². The third kappa shape index (κ3) is 2.99. The Morgan fingerprint density at radius 2 is 1.95 bits per heavy atom. The van der Waals surface area contributed by atoms with Gasteiger partial charge in [-0.15, -0.1) is 0 Å². The predicted octanol–water partition coefficient (Wildman–Crippen LogP) is 0.368. The third-order valence-corrected chi connectivity index (χ3v) is 5.57.